The second kappa shape index (κ2) is 17.7. The van der Waals surface area contributed by atoms with Crippen LogP contribution >= 0.6 is 0 Å². The van der Waals surface area contributed by atoms with Gasteiger partial charge in [-0.25, -0.2) is 0 Å². The van der Waals surface area contributed by atoms with Crippen molar-refractivity contribution in [2.45, 2.75) is 0 Å². The molecule has 0 bridgehead atoms. The first-order chi connectivity index (χ1) is 0. The summed E-state index contributed by atoms with van der Waals surface area (Å²) in [6, 6.07) is 0. The summed E-state index contributed by atoms with van der Waals surface area (Å²) in [5.41, 5.74) is 0. The van der Waals surface area contributed by atoms with Crippen molar-refractivity contribution in [1.82, 2.24) is 0 Å². The molecule has 0 fully saturated rings. The topological polar surface area (TPSA) is 0 Å². The molecule has 0 unspecified atom stereocenters. The maximum Gasteiger partial charge on any atom is 0 e. The fraction of sp³-hybridized carbons (Fsp3) is 0. The monoisotopic (exact) mass is 184 g/mol. The molecule has 0 radical (unpaired) electrons. The Hall–Kier alpha value is 2.53. The molecule has 0 nitrogen and oxygen atoms in total. The molecule has 0 amide bonds. The maximum atomic E-state index is 0. The van der Waals surface area contributed by atoms with E-state index in [-0.39, 0.29) is 79.0 Å². The zero-order valence-electron chi connectivity index (χ0n) is 0.908. The third-order valence-electron chi connectivity index (χ3n) is 0. The van der Waals surface area contributed by atoms with Gasteiger partial charge in [0.2, 0.25) is 0 Å². The molecular formula is H4AlLiMoTi. The molecule has 4 heavy (non-hydrogen) atoms. The van der Waals surface area contributed by atoms with Crippen LogP contribution < -0.4 is 0 Å². The molecule has 0 atom stereocenters. The molecule has 0 spiro atoms. The average Bonchev–Trinajstić information content (AvgIpc) is 0. The summed E-state index contributed by atoms with van der Waals surface area (Å²) in [5.74, 6) is 0. The fourth-order valence-electron chi connectivity index (χ4n) is 0. The van der Waals surface area contributed by atoms with Crippen molar-refractivity contribution in [3.8, 4) is 0 Å². The zero-order chi connectivity index (χ0) is 0. The van der Waals surface area contributed by atoms with E-state index in [1.165, 1.54) is 0 Å². The molecule has 0 aliphatic carbocycles. The van der Waals surface area contributed by atoms with Crippen molar-refractivity contribution in [1.29, 1.82) is 0 Å². The first kappa shape index (κ1) is 31.2. The van der Waals surface area contributed by atoms with Crippen LogP contribution in [0.4, 0.5) is 0 Å². The Bertz CT molecular complexity index is 8.00. The van der Waals surface area contributed by atoms with Crippen LogP contribution in [0.25, 0.3) is 0 Å². The van der Waals surface area contributed by atoms with Crippen LogP contribution in [-0.2, 0) is 42.8 Å². The fourth-order valence-corrected chi connectivity index (χ4v) is 0. The summed E-state index contributed by atoms with van der Waals surface area (Å²) in [7, 11) is 0. The van der Waals surface area contributed by atoms with Gasteiger partial charge in [-0.2, -0.15) is 0 Å². The van der Waals surface area contributed by atoms with E-state index in [4.69, 9.17) is 0 Å². The van der Waals surface area contributed by atoms with E-state index in [0.717, 1.165) is 0 Å². The minimum absolute atomic E-state index is 0. The van der Waals surface area contributed by atoms with Crippen LogP contribution in [-0.4, -0.2) is 36.2 Å². The van der Waals surface area contributed by atoms with E-state index in [1.54, 1.807) is 0 Å². The van der Waals surface area contributed by atoms with Gasteiger partial charge < -0.3 is 0 Å². The second-order valence-electron chi connectivity index (χ2n) is 0. The summed E-state index contributed by atoms with van der Waals surface area (Å²) in [6.45, 7) is 0. The van der Waals surface area contributed by atoms with Crippen molar-refractivity contribution in [3.63, 3.8) is 0 Å². The Balaban J connectivity index is 0. The first-order valence-electron chi connectivity index (χ1n) is 0. The Morgan fingerprint density at radius 3 is 1.00 bits per heavy atom. The van der Waals surface area contributed by atoms with Gasteiger partial charge in [-0.3, -0.25) is 0 Å². The molecule has 0 aliphatic rings. The van der Waals surface area contributed by atoms with Crippen LogP contribution in [0.15, 0.2) is 0 Å². The molecule has 0 aliphatic heterocycles. The second-order valence-corrected chi connectivity index (χ2v) is 0. The average molecular weight is 182 g/mol. The Labute approximate surface area is 77.9 Å². The predicted molar refractivity (Wildman–Crippen MR) is 17.1 cm³/mol. The van der Waals surface area contributed by atoms with Gasteiger partial charge in [0.1, 0.15) is 0 Å². The van der Waals surface area contributed by atoms with Gasteiger partial charge in [-0.1, -0.05) is 0 Å². The molecule has 0 aromatic carbocycles. The van der Waals surface area contributed by atoms with Gasteiger partial charge in [-0.05, 0) is 0 Å². The Kier molecular flexibility index (Phi) is 138. The smallest absolute Gasteiger partial charge is 0 e. The third-order valence-corrected chi connectivity index (χ3v) is 0. The van der Waals surface area contributed by atoms with Crippen LogP contribution in [0.3, 0.4) is 0 Å². The van der Waals surface area contributed by atoms with E-state index in [2.05, 4.69) is 0 Å². The van der Waals surface area contributed by atoms with Gasteiger partial charge in [0.15, 0.2) is 17.4 Å². The standard InChI is InChI=1S/Al.Li.Mo.Ti.4H. The summed E-state index contributed by atoms with van der Waals surface area (Å²) in [4.78, 5) is 0. The molecule has 0 aromatic rings. The third kappa shape index (κ3) is 8.82. The molecule has 0 heterocycles. The number of hydrogen-bond donors (Lipinski definition) is 0. The van der Waals surface area contributed by atoms with Crippen LogP contribution in [0.1, 0.15) is 0 Å². The van der Waals surface area contributed by atoms with Gasteiger partial charge >= 0.3 is 18.9 Å². The quantitative estimate of drug-likeness (QED) is 0.386. The molecule has 0 saturated heterocycles. The molecule has 18 valence electrons. The zero-order valence-corrected chi connectivity index (χ0v) is 4.48. The van der Waals surface area contributed by atoms with E-state index in [0.29, 0.717) is 0 Å². The van der Waals surface area contributed by atoms with Crippen LogP contribution in [0, 0.1) is 0 Å². The number of rotatable bonds is 0. The summed E-state index contributed by atoms with van der Waals surface area (Å²) >= 11 is 0. The largest absolute Gasteiger partial charge is 0 e. The molecule has 0 aromatic heterocycles. The van der Waals surface area contributed by atoms with Gasteiger partial charge in [0.25, 0.3) is 0 Å². The minimum atomic E-state index is 0. The van der Waals surface area contributed by atoms with Gasteiger partial charge in [0.05, 0.1) is 0 Å². The van der Waals surface area contributed by atoms with E-state index >= 15 is 0 Å². The summed E-state index contributed by atoms with van der Waals surface area (Å²) in [6.07, 6.45) is 0. The number of hydrogen-bond acceptors (Lipinski definition) is 0. The summed E-state index contributed by atoms with van der Waals surface area (Å²) < 4.78 is 0. The van der Waals surface area contributed by atoms with E-state index < -0.39 is 0 Å². The minimum Gasteiger partial charge on any atom is 0 e. The predicted octanol–water partition coefficient (Wildman–Crippen LogP) is -1.84. The molecule has 0 N–H and O–H groups in total. The van der Waals surface area contributed by atoms with Crippen LogP contribution in [0.5, 0.6) is 0 Å². The maximum absolute atomic E-state index is 0. The van der Waals surface area contributed by atoms with Crippen molar-refractivity contribution in [2.75, 3.05) is 0 Å². The van der Waals surface area contributed by atoms with Crippen molar-refractivity contribution in [3.05, 3.63) is 0 Å². The molecule has 0 saturated carbocycles. The van der Waals surface area contributed by atoms with Crippen molar-refractivity contribution >= 4 is 36.2 Å². The van der Waals surface area contributed by atoms with Crippen LogP contribution in [0.2, 0.25) is 0 Å². The SMILES string of the molecule is [AlH3].[LiH].[Mo].[Ti]. The Morgan fingerprint density at radius 2 is 1.00 bits per heavy atom. The van der Waals surface area contributed by atoms with E-state index in [1.807, 2.05) is 0 Å². The summed E-state index contributed by atoms with van der Waals surface area (Å²) in [5, 5.41) is 0. The van der Waals surface area contributed by atoms with Crippen molar-refractivity contribution < 1.29 is 42.8 Å². The normalized spacial score (nSPS) is 0. The first-order valence-corrected chi connectivity index (χ1v) is 0. The molecule has 4 heteroatoms. The molecular weight excluding hydrogens is 178 g/mol. The van der Waals surface area contributed by atoms with Gasteiger partial charge in [0, 0.05) is 42.8 Å². The van der Waals surface area contributed by atoms with E-state index in [9.17, 15) is 0 Å². The van der Waals surface area contributed by atoms with Crippen molar-refractivity contribution in [2.24, 2.45) is 0 Å². The molecule has 0 rings (SSSR count). The van der Waals surface area contributed by atoms with Gasteiger partial charge in [-0.15, -0.1) is 0 Å². The Morgan fingerprint density at radius 1 is 1.00 bits per heavy atom.